The molecule has 3 aromatic rings. The second kappa shape index (κ2) is 15.1. The summed E-state index contributed by atoms with van der Waals surface area (Å²) >= 11 is 0. The zero-order valence-corrected chi connectivity index (χ0v) is 23.4. The van der Waals surface area contributed by atoms with Gasteiger partial charge in [-0.1, -0.05) is 36.6 Å². The molecule has 2 aliphatic rings. The molecule has 212 valence electrons. The van der Waals surface area contributed by atoms with Crippen LogP contribution in [0.4, 0.5) is 11.8 Å². The highest BCUT2D eigenvalue weighted by Crippen LogP contribution is 2.22. The summed E-state index contributed by atoms with van der Waals surface area (Å²) < 4.78 is 1.93. The van der Waals surface area contributed by atoms with Crippen molar-refractivity contribution in [3.63, 3.8) is 0 Å². The Balaban J connectivity index is 1.01. The van der Waals surface area contributed by atoms with Gasteiger partial charge in [0.25, 0.3) is 0 Å². The van der Waals surface area contributed by atoms with E-state index in [1.54, 1.807) is 0 Å². The second-order valence-corrected chi connectivity index (χ2v) is 11.0. The van der Waals surface area contributed by atoms with Gasteiger partial charge in [-0.05, 0) is 83.4 Å². The van der Waals surface area contributed by atoms with Gasteiger partial charge in [0.15, 0.2) is 0 Å². The molecule has 5 rings (SSSR count). The lowest BCUT2D eigenvalue weighted by atomic mass is 9.95. The van der Waals surface area contributed by atoms with Crippen LogP contribution in [0, 0.1) is 0 Å². The average molecular weight is 535 g/mol. The first-order chi connectivity index (χ1) is 19.3. The van der Waals surface area contributed by atoms with Crippen molar-refractivity contribution in [1.82, 2.24) is 40.5 Å². The van der Waals surface area contributed by atoms with Crippen LogP contribution in [0.15, 0.2) is 30.5 Å². The minimum absolute atomic E-state index is 0.539. The van der Waals surface area contributed by atoms with Crippen LogP contribution >= 0.6 is 0 Å². The van der Waals surface area contributed by atoms with Crippen molar-refractivity contribution in [2.45, 2.75) is 76.9 Å². The number of aromatic nitrogens is 5. The van der Waals surface area contributed by atoms with Crippen LogP contribution < -0.4 is 21.3 Å². The van der Waals surface area contributed by atoms with Gasteiger partial charge in [0, 0.05) is 31.1 Å². The summed E-state index contributed by atoms with van der Waals surface area (Å²) in [6.45, 7) is 8.90. The lowest BCUT2D eigenvalue weighted by Gasteiger charge is -2.22. The van der Waals surface area contributed by atoms with Crippen LogP contribution in [0.3, 0.4) is 0 Å². The number of rotatable bonds is 16. The topological polar surface area (TPSA) is 108 Å². The number of anilines is 2. The first kappa shape index (κ1) is 27.7. The summed E-state index contributed by atoms with van der Waals surface area (Å²) in [5, 5.41) is 23.9. The van der Waals surface area contributed by atoms with Crippen molar-refractivity contribution in [3.8, 4) is 0 Å². The number of fused-ring (bicyclic) bond motifs is 1. The second-order valence-electron chi connectivity index (χ2n) is 11.0. The first-order valence-electron chi connectivity index (χ1n) is 15.1. The summed E-state index contributed by atoms with van der Waals surface area (Å²) in [7, 11) is 0. The van der Waals surface area contributed by atoms with E-state index in [0.29, 0.717) is 12.5 Å². The number of nitrogens with zero attached hydrogens (tertiary/aromatic N) is 6. The number of hydrogen-bond donors (Lipinski definition) is 4. The average Bonchev–Trinajstić information content (AvgIpc) is 3.66. The van der Waals surface area contributed by atoms with Crippen molar-refractivity contribution in [2.75, 3.05) is 56.4 Å². The molecule has 39 heavy (non-hydrogen) atoms. The van der Waals surface area contributed by atoms with Gasteiger partial charge in [0.1, 0.15) is 11.5 Å². The monoisotopic (exact) mass is 534 g/mol. The maximum Gasteiger partial charge on any atom is 0.225 e. The zero-order chi connectivity index (χ0) is 26.5. The zero-order valence-electron chi connectivity index (χ0n) is 23.4. The molecule has 0 amide bonds. The molecule has 4 N–H and O–H groups in total. The summed E-state index contributed by atoms with van der Waals surface area (Å²) in [6.07, 6.45) is 13.8. The maximum absolute atomic E-state index is 4.78. The lowest BCUT2D eigenvalue weighted by Crippen LogP contribution is -2.33. The van der Waals surface area contributed by atoms with Crippen molar-refractivity contribution in [3.05, 3.63) is 36.2 Å². The van der Waals surface area contributed by atoms with E-state index in [-0.39, 0.29) is 0 Å². The molecule has 2 fully saturated rings. The number of hydrogen-bond acceptors (Lipinski definition) is 9. The number of benzene rings is 1. The van der Waals surface area contributed by atoms with Gasteiger partial charge in [-0.2, -0.15) is 4.98 Å². The molecular weight excluding hydrogens is 488 g/mol. The van der Waals surface area contributed by atoms with Crippen molar-refractivity contribution < 1.29 is 0 Å². The van der Waals surface area contributed by atoms with E-state index < -0.39 is 0 Å². The number of likely N-dealkylation sites (tertiary alicyclic amines) is 1. The minimum Gasteiger partial charge on any atom is -0.368 e. The van der Waals surface area contributed by atoms with Crippen molar-refractivity contribution >= 4 is 22.7 Å². The van der Waals surface area contributed by atoms with Gasteiger partial charge in [-0.15, -0.1) is 5.10 Å². The van der Waals surface area contributed by atoms with Crippen LogP contribution in [-0.4, -0.2) is 81.7 Å². The molecule has 1 aromatic carbocycles. The first-order valence-corrected chi connectivity index (χ1v) is 15.1. The molecule has 0 atom stereocenters. The van der Waals surface area contributed by atoms with E-state index in [9.17, 15) is 0 Å². The quantitative estimate of drug-likeness (QED) is 0.205. The fourth-order valence-electron chi connectivity index (χ4n) is 5.64. The molecule has 1 aliphatic heterocycles. The van der Waals surface area contributed by atoms with E-state index >= 15 is 0 Å². The number of nitrogens with one attached hydrogen (secondary N) is 4. The Kier molecular flexibility index (Phi) is 10.7. The van der Waals surface area contributed by atoms with E-state index in [1.807, 2.05) is 29.1 Å². The summed E-state index contributed by atoms with van der Waals surface area (Å²) in [4.78, 5) is 12.0. The smallest absolute Gasteiger partial charge is 0.225 e. The SMILES string of the molecule is c1ccc2c(NCCN3CCCC3)nc(NCc3cn(CCCNCCCNC4CCCCC4)nn3)nc2c1. The molecule has 1 aliphatic carbocycles. The third-order valence-electron chi connectivity index (χ3n) is 7.85. The Morgan fingerprint density at radius 3 is 2.56 bits per heavy atom. The highest BCUT2D eigenvalue weighted by molar-refractivity contribution is 5.90. The van der Waals surface area contributed by atoms with Crippen molar-refractivity contribution in [2.24, 2.45) is 0 Å². The molecule has 10 nitrogen and oxygen atoms in total. The summed E-state index contributed by atoms with van der Waals surface area (Å²) in [6, 6.07) is 8.92. The molecule has 2 aromatic heterocycles. The Bertz CT molecular complexity index is 1120. The van der Waals surface area contributed by atoms with E-state index in [4.69, 9.17) is 9.97 Å². The lowest BCUT2D eigenvalue weighted by molar-refractivity contribution is 0.352. The van der Waals surface area contributed by atoms with E-state index in [0.717, 1.165) is 74.1 Å². The van der Waals surface area contributed by atoms with Gasteiger partial charge in [0.2, 0.25) is 5.95 Å². The highest BCUT2D eigenvalue weighted by atomic mass is 15.4. The molecular formula is C29H46N10. The minimum atomic E-state index is 0.539. The van der Waals surface area contributed by atoms with Gasteiger partial charge >= 0.3 is 0 Å². The maximum atomic E-state index is 4.78. The van der Waals surface area contributed by atoms with Gasteiger partial charge in [-0.25, -0.2) is 4.98 Å². The number of para-hydroxylation sites is 1. The largest absolute Gasteiger partial charge is 0.368 e. The Labute approximate surface area is 232 Å². The summed E-state index contributed by atoms with van der Waals surface area (Å²) in [5.74, 6) is 1.48. The van der Waals surface area contributed by atoms with Gasteiger partial charge in [-0.3, -0.25) is 4.68 Å². The standard InChI is InChI=1S/C29H46N10/c1-2-10-24(11-3-1)31-16-8-14-30-15-9-20-39-23-25(36-37-39)22-33-29-34-27-13-5-4-12-26(27)28(35-29)32-17-21-38-18-6-7-19-38/h4-5,12-13,23-24,30-31H,1-3,6-11,14-22H2,(H2,32,33,34,35). The molecule has 0 radical (unpaired) electrons. The molecule has 0 unspecified atom stereocenters. The summed E-state index contributed by atoms with van der Waals surface area (Å²) in [5.41, 5.74) is 1.82. The van der Waals surface area contributed by atoms with Crippen LogP contribution in [0.2, 0.25) is 0 Å². The molecule has 10 heteroatoms. The fourth-order valence-corrected chi connectivity index (χ4v) is 5.64. The highest BCUT2D eigenvalue weighted by Gasteiger charge is 2.13. The normalized spacial score (nSPS) is 16.7. The Hall–Kier alpha value is -2.82. The number of aryl methyl sites for hydroxylation is 1. The van der Waals surface area contributed by atoms with E-state index in [2.05, 4.69) is 42.5 Å². The third-order valence-corrected chi connectivity index (χ3v) is 7.85. The third kappa shape index (κ3) is 8.84. The Morgan fingerprint density at radius 1 is 0.821 bits per heavy atom. The molecule has 1 saturated carbocycles. The van der Waals surface area contributed by atoms with Crippen LogP contribution in [-0.2, 0) is 13.1 Å². The Morgan fingerprint density at radius 2 is 1.67 bits per heavy atom. The predicted molar refractivity (Wildman–Crippen MR) is 158 cm³/mol. The molecule has 3 heterocycles. The molecule has 0 bridgehead atoms. The van der Waals surface area contributed by atoms with Crippen LogP contribution in [0.1, 0.15) is 63.5 Å². The van der Waals surface area contributed by atoms with Gasteiger partial charge < -0.3 is 26.2 Å². The van der Waals surface area contributed by atoms with Gasteiger partial charge in [0.05, 0.1) is 18.3 Å². The van der Waals surface area contributed by atoms with Crippen molar-refractivity contribution in [1.29, 1.82) is 0 Å². The van der Waals surface area contributed by atoms with Crippen LogP contribution in [0.5, 0.6) is 0 Å². The molecule has 1 saturated heterocycles. The van der Waals surface area contributed by atoms with E-state index in [1.165, 1.54) is 64.5 Å². The predicted octanol–water partition coefficient (Wildman–Crippen LogP) is 3.63. The van der Waals surface area contributed by atoms with Crippen LogP contribution in [0.25, 0.3) is 10.9 Å². The fraction of sp³-hybridized carbons (Fsp3) is 0.655. The molecule has 0 spiro atoms.